The predicted molar refractivity (Wildman–Crippen MR) is 80.5 cm³/mol. The molecule has 0 bridgehead atoms. The summed E-state index contributed by atoms with van der Waals surface area (Å²) >= 11 is 0. The van der Waals surface area contributed by atoms with Crippen molar-refractivity contribution in [3.8, 4) is 0 Å². The molecule has 2 fully saturated rings. The van der Waals surface area contributed by atoms with Crippen LogP contribution in [0.2, 0.25) is 0 Å². The van der Waals surface area contributed by atoms with E-state index in [1.165, 1.54) is 32.1 Å². The molecule has 0 radical (unpaired) electrons. The lowest BCUT2D eigenvalue weighted by molar-refractivity contribution is 0.147. The zero-order valence-corrected chi connectivity index (χ0v) is 13.1. The molecule has 2 aliphatic rings. The van der Waals surface area contributed by atoms with E-state index in [0.717, 1.165) is 50.9 Å². The molecule has 5 nitrogen and oxygen atoms in total. The van der Waals surface area contributed by atoms with Crippen LogP contribution in [0.4, 0.5) is 0 Å². The van der Waals surface area contributed by atoms with Crippen LogP contribution in [0.25, 0.3) is 0 Å². The van der Waals surface area contributed by atoms with E-state index in [9.17, 15) is 0 Å². The molecule has 118 valence electrons. The largest absolute Gasteiger partial charge is 0.381 e. The summed E-state index contributed by atoms with van der Waals surface area (Å²) in [6.07, 6.45) is 8.40. The Bertz CT molecular complexity index is 435. The van der Waals surface area contributed by atoms with Crippen LogP contribution in [0.3, 0.4) is 0 Å². The first-order valence-electron chi connectivity index (χ1n) is 8.49. The molecule has 0 N–H and O–H groups in total. The smallest absolute Gasteiger partial charge is 0.156 e. The maximum absolute atomic E-state index is 5.51. The molecular weight excluding hydrogens is 266 g/mol. The summed E-state index contributed by atoms with van der Waals surface area (Å²) in [5.41, 5.74) is 0. The molecule has 1 aliphatic carbocycles. The zero-order chi connectivity index (χ0) is 14.5. The van der Waals surface area contributed by atoms with Gasteiger partial charge in [-0.1, -0.05) is 19.3 Å². The van der Waals surface area contributed by atoms with Gasteiger partial charge in [-0.3, -0.25) is 0 Å². The van der Waals surface area contributed by atoms with Gasteiger partial charge in [0.2, 0.25) is 0 Å². The van der Waals surface area contributed by atoms with Gasteiger partial charge in [0.15, 0.2) is 5.82 Å². The number of aromatic nitrogens is 3. The van der Waals surface area contributed by atoms with Crippen molar-refractivity contribution in [3.05, 3.63) is 11.6 Å². The van der Waals surface area contributed by atoms with Crippen molar-refractivity contribution in [1.82, 2.24) is 14.8 Å². The van der Waals surface area contributed by atoms with Crippen LogP contribution >= 0.6 is 0 Å². The fraction of sp³-hybridized carbons (Fsp3) is 0.875. The molecule has 1 unspecified atom stereocenters. The van der Waals surface area contributed by atoms with E-state index in [1.807, 2.05) is 6.92 Å². The van der Waals surface area contributed by atoms with Crippen LogP contribution in [0, 0.1) is 0 Å². The van der Waals surface area contributed by atoms with E-state index in [-0.39, 0.29) is 0 Å². The second kappa shape index (κ2) is 7.36. The van der Waals surface area contributed by atoms with Crippen molar-refractivity contribution < 1.29 is 9.47 Å². The molecule has 0 aromatic carbocycles. The normalized spacial score (nSPS) is 23.8. The van der Waals surface area contributed by atoms with E-state index < -0.39 is 0 Å². The summed E-state index contributed by atoms with van der Waals surface area (Å²) in [6.45, 7) is 5.16. The molecule has 5 heteroatoms. The second-order valence-electron chi connectivity index (χ2n) is 6.13. The molecule has 1 aromatic heterocycles. The minimum Gasteiger partial charge on any atom is -0.381 e. The Morgan fingerprint density at radius 3 is 2.81 bits per heavy atom. The molecule has 2 heterocycles. The van der Waals surface area contributed by atoms with Crippen LogP contribution in [0.5, 0.6) is 0 Å². The van der Waals surface area contributed by atoms with E-state index >= 15 is 0 Å². The molecule has 1 saturated carbocycles. The van der Waals surface area contributed by atoms with Gasteiger partial charge in [0, 0.05) is 25.6 Å². The predicted octanol–water partition coefficient (Wildman–Crippen LogP) is 2.87. The summed E-state index contributed by atoms with van der Waals surface area (Å²) in [4.78, 5) is 4.83. The Morgan fingerprint density at radius 2 is 2.10 bits per heavy atom. The Labute approximate surface area is 127 Å². The van der Waals surface area contributed by atoms with Gasteiger partial charge >= 0.3 is 0 Å². The molecule has 1 saturated heterocycles. The SMILES string of the molecule is CCOCCc1nc(C2CCOC2)nn1C1CCCCC1. The maximum atomic E-state index is 5.51. The van der Waals surface area contributed by atoms with E-state index in [1.54, 1.807) is 0 Å². The fourth-order valence-corrected chi connectivity index (χ4v) is 3.38. The van der Waals surface area contributed by atoms with Gasteiger partial charge in [0.1, 0.15) is 5.82 Å². The lowest BCUT2D eigenvalue weighted by Crippen LogP contribution is -2.18. The van der Waals surface area contributed by atoms with Gasteiger partial charge in [-0.25, -0.2) is 9.67 Å². The molecule has 21 heavy (non-hydrogen) atoms. The van der Waals surface area contributed by atoms with Crippen LogP contribution in [0.1, 0.15) is 69.1 Å². The standard InChI is InChI=1S/C16H27N3O2/c1-2-20-11-9-15-17-16(13-8-10-21-12-13)18-19(15)14-6-4-3-5-7-14/h13-14H,2-12H2,1H3. The van der Waals surface area contributed by atoms with Crippen molar-refractivity contribution in [2.24, 2.45) is 0 Å². The molecule has 0 spiro atoms. The minimum absolute atomic E-state index is 0.390. The van der Waals surface area contributed by atoms with Gasteiger partial charge in [-0.2, -0.15) is 5.10 Å². The highest BCUT2D eigenvalue weighted by Gasteiger charge is 2.26. The third kappa shape index (κ3) is 3.64. The Kier molecular flexibility index (Phi) is 5.25. The highest BCUT2D eigenvalue weighted by Crippen LogP contribution is 2.30. The summed E-state index contributed by atoms with van der Waals surface area (Å²) in [7, 11) is 0. The lowest BCUT2D eigenvalue weighted by atomic mass is 9.95. The highest BCUT2D eigenvalue weighted by atomic mass is 16.5. The third-order valence-electron chi connectivity index (χ3n) is 4.61. The molecule has 1 aromatic rings. The third-order valence-corrected chi connectivity index (χ3v) is 4.61. The fourth-order valence-electron chi connectivity index (χ4n) is 3.38. The van der Waals surface area contributed by atoms with E-state index in [4.69, 9.17) is 19.6 Å². The van der Waals surface area contributed by atoms with Crippen molar-refractivity contribution in [2.45, 2.75) is 63.8 Å². The Balaban J connectivity index is 1.76. The van der Waals surface area contributed by atoms with Gasteiger partial charge in [-0.05, 0) is 26.2 Å². The number of rotatable bonds is 6. The minimum atomic E-state index is 0.390. The highest BCUT2D eigenvalue weighted by molar-refractivity contribution is 5.03. The number of hydrogen-bond acceptors (Lipinski definition) is 4. The van der Waals surface area contributed by atoms with Gasteiger partial charge in [-0.15, -0.1) is 0 Å². The topological polar surface area (TPSA) is 49.2 Å². The van der Waals surface area contributed by atoms with Crippen LogP contribution in [-0.4, -0.2) is 41.2 Å². The van der Waals surface area contributed by atoms with Gasteiger partial charge in [0.25, 0.3) is 0 Å². The molecule has 1 atom stereocenters. The number of nitrogens with zero attached hydrogens (tertiary/aromatic N) is 3. The average Bonchev–Trinajstić information content (AvgIpc) is 3.18. The van der Waals surface area contributed by atoms with Crippen molar-refractivity contribution in [2.75, 3.05) is 26.4 Å². The molecule has 0 amide bonds. The summed E-state index contributed by atoms with van der Waals surface area (Å²) < 4.78 is 13.2. The maximum Gasteiger partial charge on any atom is 0.156 e. The Hall–Kier alpha value is -0.940. The second-order valence-corrected chi connectivity index (χ2v) is 6.13. The van der Waals surface area contributed by atoms with Gasteiger partial charge in [0.05, 0.1) is 19.3 Å². The lowest BCUT2D eigenvalue weighted by Gasteiger charge is -2.23. The van der Waals surface area contributed by atoms with Crippen molar-refractivity contribution in [1.29, 1.82) is 0 Å². The first kappa shape index (κ1) is 15.0. The zero-order valence-electron chi connectivity index (χ0n) is 13.1. The van der Waals surface area contributed by atoms with Crippen LogP contribution < -0.4 is 0 Å². The van der Waals surface area contributed by atoms with Crippen LogP contribution in [-0.2, 0) is 15.9 Å². The first-order valence-corrected chi connectivity index (χ1v) is 8.49. The summed E-state index contributed by atoms with van der Waals surface area (Å²) in [6, 6.07) is 0.541. The molecule has 3 rings (SSSR count). The summed E-state index contributed by atoms with van der Waals surface area (Å²) in [5.74, 6) is 2.49. The number of ether oxygens (including phenoxy) is 2. The average molecular weight is 293 g/mol. The van der Waals surface area contributed by atoms with Crippen molar-refractivity contribution >= 4 is 0 Å². The monoisotopic (exact) mass is 293 g/mol. The van der Waals surface area contributed by atoms with Gasteiger partial charge < -0.3 is 9.47 Å². The first-order chi connectivity index (χ1) is 10.4. The van der Waals surface area contributed by atoms with Crippen LogP contribution in [0.15, 0.2) is 0 Å². The quantitative estimate of drug-likeness (QED) is 0.757. The van der Waals surface area contributed by atoms with Crippen molar-refractivity contribution in [3.63, 3.8) is 0 Å². The molecule has 1 aliphatic heterocycles. The number of hydrogen-bond donors (Lipinski definition) is 0. The van der Waals surface area contributed by atoms with E-state index in [0.29, 0.717) is 12.0 Å². The molecular formula is C16H27N3O2. The Morgan fingerprint density at radius 1 is 1.24 bits per heavy atom. The summed E-state index contributed by atoms with van der Waals surface area (Å²) in [5, 5.41) is 4.86. The van der Waals surface area contributed by atoms with E-state index in [2.05, 4.69) is 4.68 Å².